The molecule has 2 aromatic carbocycles. The zero-order chi connectivity index (χ0) is 24.2. The summed E-state index contributed by atoms with van der Waals surface area (Å²) in [6, 6.07) is 13.3. The van der Waals surface area contributed by atoms with Crippen LogP contribution in [0.1, 0.15) is 15.2 Å². The second-order valence-electron chi connectivity index (χ2n) is 6.67. The molecular formula is C22H18N4O6S2. The summed E-state index contributed by atoms with van der Waals surface area (Å²) in [5.74, 6) is 0.790. The highest BCUT2D eigenvalue weighted by atomic mass is 32.1. The number of nitrogens with zero attached hydrogens (tertiary/aromatic N) is 4. The van der Waals surface area contributed by atoms with E-state index in [-0.39, 0.29) is 16.3 Å². The summed E-state index contributed by atoms with van der Waals surface area (Å²) in [6.45, 7) is 0. The van der Waals surface area contributed by atoms with Crippen molar-refractivity contribution in [1.82, 2.24) is 4.98 Å². The number of thiophene rings is 1. The van der Waals surface area contributed by atoms with Crippen molar-refractivity contribution in [3.05, 3.63) is 69.1 Å². The monoisotopic (exact) mass is 498 g/mol. The number of fused-ring (bicyclic) bond motifs is 1. The first-order valence-electron chi connectivity index (χ1n) is 9.73. The van der Waals surface area contributed by atoms with Crippen LogP contribution in [0.3, 0.4) is 0 Å². The van der Waals surface area contributed by atoms with Gasteiger partial charge >= 0.3 is 5.00 Å². The zero-order valence-electron chi connectivity index (χ0n) is 18.3. The highest BCUT2D eigenvalue weighted by Crippen LogP contribution is 2.36. The number of para-hydroxylation sites is 1. The molecule has 1 amide bonds. The van der Waals surface area contributed by atoms with Gasteiger partial charge in [0.05, 0.1) is 53.1 Å². The number of carbonyl (C=O) groups is 1. The Bertz CT molecular complexity index is 1400. The fraction of sp³-hybridized carbons (Fsp3) is 0.136. The summed E-state index contributed by atoms with van der Waals surface area (Å²) >= 11 is 2.19. The van der Waals surface area contributed by atoms with Crippen LogP contribution in [0.25, 0.3) is 10.2 Å². The second-order valence-corrected chi connectivity index (χ2v) is 8.77. The number of amides is 1. The number of benzene rings is 2. The largest absolute Gasteiger partial charge is 0.497 e. The van der Waals surface area contributed by atoms with Crippen molar-refractivity contribution < 1.29 is 23.9 Å². The van der Waals surface area contributed by atoms with E-state index in [1.54, 1.807) is 43.5 Å². The summed E-state index contributed by atoms with van der Waals surface area (Å²) in [6.07, 6.45) is 1.38. The number of methoxy groups -OCH3 is 3. The van der Waals surface area contributed by atoms with E-state index in [4.69, 9.17) is 14.2 Å². The second kappa shape index (κ2) is 9.85. The van der Waals surface area contributed by atoms with Gasteiger partial charge in [0.1, 0.15) is 5.75 Å². The Balaban J connectivity index is 1.80. The van der Waals surface area contributed by atoms with Gasteiger partial charge in [0.15, 0.2) is 11.5 Å². The highest BCUT2D eigenvalue weighted by molar-refractivity contribution is 7.22. The Hall–Kier alpha value is -4.03. The summed E-state index contributed by atoms with van der Waals surface area (Å²) in [7, 11) is 4.49. The van der Waals surface area contributed by atoms with E-state index in [9.17, 15) is 14.9 Å². The van der Waals surface area contributed by atoms with E-state index in [1.165, 1.54) is 37.8 Å². The number of hydrogen-bond acceptors (Lipinski definition) is 10. The number of thiazole rings is 1. The van der Waals surface area contributed by atoms with E-state index in [0.29, 0.717) is 27.0 Å². The van der Waals surface area contributed by atoms with E-state index in [0.717, 1.165) is 21.0 Å². The predicted molar refractivity (Wildman–Crippen MR) is 131 cm³/mol. The van der Waals surface area contributed by atoms with E-state index >= 15 is 0 Å². The molecule has 4 rings (SSSR count). The SMILES string of the molecule is COc1ccc2nc(N(/N=C/c3ccc([N+](=O)[O-])s3)C(=O)c3cccc(OC)c3OC)sc2c1. The fourth-order valence-corrected chi connectivity index (χ4v) is 4.73. The van der Waals surface area contributed by atoms with Crippen molar-refractivity contribution in [2.75, 3.05) is 26.3 Å². The van der Waals surface area contributed by atoms with Crippen molar-refractivity contribution >= 4 is 55.1 Å². The molecule has 0 N–H and O–H groups in total. The van der Waals surface area contributed by atoms with Gasteiger partial charge in [0.25, 0.3) is 5.91 Å². The average molecular weight is 499 g/mol. The van der Waals surface area contributed by atoms with Gasteiger partial charge in [-0.15, -0.1) is 0 Å². The summed E-state index contributed by atoms with van der Waals surface area (Å²) in [4.78, 5) is 29.2. The molecule has 0 saturated carbocycles. The molecule has 174 valence electrons. The molecule has 0 atom stereocenters. The Morgan fingerprint density at radius 3 is 2.59 bits per heavy atom. The number of hydrogen-bond donors (Lipinski definition) is 0. The highest BCUT2D eigenvalue weighted by Gasteiger charge is 2.26. The minimum absolute atomic E-state index is 0.0270. The Labute approximate surface area is 201 Å². The quantitative estimate of drug-likeness (QED) is 0.191. The molecule has 0 spiro atoms. The van der Waals surface area contributed by atoms with Gasteiger partial charge in [-0.1, -0.05) is 28.7 Å². The van der Waals surface area contributed by atoms with Crippen LogP contribution in [0.5, 0.6) is 17.2 Å². The standard InChI is InChI=1S/C22H18N4O6S2/c1-30-13-7-9-16-18(11-13)34-22(24-16)25(23-12-14-8-10-19(33-14)26(28)29)21(27)15-5-4-6-17(31-2)20(15)32-3/h4-12H,1-3H3/b23-12+. The van der Waals surface area contributed by atoms with Gasteiger partial charge in [-0.2, -0.15) is 10.1 Å². The maximum Gasteiger partial charge on any atom is 0.324 e. The van der Waals surface area contributed by atoms with Crippen LogP contribution in [-0.2, 0) is 0 Å². The van der Waals surface area contributed by atoms with Gasteiger partial charge in [0, 0.05) is 6.07 Å². The molecule has 34 heavy (non-hydrogen) atoms. The first-order valence-corrected chi connectivity index (χ1v) is 11.4. The minimum atomic E-state index is -0.510. The fourth-order valence-electron chi connectivity index (χ4n) is 3.09. The average Bonchev–Trinajstić information content (AvgIpc) is 3.50. The van der Waals surface area contributed by atoms with Crippen molar-refractivity contribution in [1.29, 1.82) is 0 Å². The molecule has 2 aromatic heterocycles. The molecule has 12 heteroatoms. The van der Waals surface area contributed by atoms with Crippen LogP contribution in [0, 0.1) is 10.1 Å². The number of aromatic nitrogens is 1. The minimum Gasteiger partial charge on any atom is -0.497 e. The van der Waals surface area contributed by atoms with Crippen LogP contribution in [-0.4, -0.2) is 43.4 Å². The van der Waals surface area contributed by atoms with E-state index < -0.39 is 10.8 Å². The van der Waals surface area contributed by atoms with Crippen LogP contribution >= 0.6 is 22.7 Å². The third kappa shape index (κ3) is 4.54. The molecule has 0 unspecified atom stereocenters. The van der Waals surface area contributed by atoms with E-state index in [1.807, 2.05) is 6.07 Å². The van der Waals surface area contributed by atoms with Crippen LogP contribution in [0.4, 0.5) is 10.1 Å². The third-order valence-electron chi connectivity index (χ3n) is 4.68. The molecule has 0 aliphatic heterocycles. The van der Waals surface area contributed by atoms with Gasteiger partial charge in [-0.3, -0.25) is 14.9 Å². The Morgan fingerprint density at radius 2 is 1.91 bits per heavy atom. The van der Waals surface area contributed by atoms with Crippen LogP contribution in [0.2, 0.25) is 0 Å². The first-order chi connectivity index (χ1) is 16.4. The number of rotatable bonds is 8. The van der Waals surface area contributed by atoms with Gasteiger partial charge < -0.3 is 14.2 Å². The number of hydrazone groups is 1. The third-order valence-corrected chi connectivity index (χ3v) is 6.65. The number of nitro groups is 1. The summed E-state index contributed by atoms with van der Waals surface area (Å²) in [5.41, 5.74) is 0.881. The number of anilines is 1. The molecule has 0 saturated heterocycles. The topological polar surface area (TPSA) is 116 Å². The molecule has 2 heterocycles. The van der Waals surface area contributed by atoms with E-state index in [2.05, 4.69) is 10.1 Å². The van der Waals surface area contributed by atoms with Gasteiger partial charge in [-0.25, -0.2) is 4.98 Å². The maximum absolute atomic E-state index is 13.6. The smallest absolute Gasteiger partial charge is 0.324 e. The molecule has 0 fully saturated rings. The van der Waals surface area contributed by atoms with Crippen molar-refractivity contribution in [3.63, 3.8) is 0 Å². The van der Waals surface area contributed by atoms with Crippen molar-refractivity contribution in [3.8, 4) is 17.2 Å². The summed E-state index contributed by atoms with van der Waals surface area (Å²) < 4.78 is 16.8. The lowest BCUT2D eigenvalue weighted by Crippen LogP contribution is -2.26. The lowest BCUT2D eigenvalue weighted by atomic mass is 10.1. The molecule has 10 nitrogen and oxygen atoms in total. The molecular weight excluding hydrogens is 480 g/mol. The lowest BCUT2D eigenvalue weighted by Gasteiger charge is -2.17. The Morgan fingerprint density at radius 1 is 1.09 bits per heavy atom. The molecule has 0 bridgehead atoms. The van der Waals surface area contributed by atoms with Gasteiger partial charge in [-0.05, 0) is 36.4 Å². The number of carbonyl (C=O) groups excluding carboxylic acids is 1. The summed E-state index contributed by atoms with van der Waals surface area (Å²) in [5, 5.41) is 16.8. The molecule has 4 aromatic rings. The van der Waals surface area contributed by atoms with Crippen LogP contribution in [0.15, 0.2) is 53.6 Å². The lowest BCUT2D eigenvalue weighted by molar-refractivity contribution is -0.380. The molecule has 0 radical (unpaired) electrons. The molecule has 0 aliphatic rings. The normalized spacial score (nSPS) is 11.0. The maximum atomic E-state index is 13.6. The first kappa shape index (κ1) is 23.1. The van der Waals surface area contributed by atoms with Crippen molar-refractivity contribution in [2.45, 2.75) is 0 Å². The van der Waals surface area contributed by atoms with Crippen molar-refractivity contribution in [2.24, 2.45) is 5.10 Å². The zero-order valence-corrected chi connectivity index (χ0v) is 19.9. The van der Waals surface area contributed by atoms with Crippen LogP contribution < -0.4 is 19.2 Å². The Kier molecular flexibility index (Phi) is 6.70. The number of ether oxygens (including phenoxy) is 3. The van der Waals surface area contributed by atoms with Gasteiger partial charge in [0.2, 0.25) is 5.13 Å². The predicted octanol–water partition coefficient (Wildman–Crippen LogP) is 4.97. The molecule has 0 aliphatic carbocycles.